The van der Waals surface area contributed by atoms with Crippen LogP contribution < -0.4 is 10.1 Å². The molecule has 0 radical (unpaired) electrons. The van der Waals surface area contributed by atoms with Gasteiger partial charge >= 0.3 is 0 Å². The summed E-state index contributed by atoms with van der Waals surface area (Å²) in [6.07, 6.45) is 0.503. The van der Waals surface area contributed by atoms with Gasteiger partial charge in [-0.05, 0) is 78.7 Å². The van der Waals surface area contributed by atoms with E-state index in [1.165, 1.54) is 5.56 Å². The van der Waals surface area contributed by atoms with Crippen LogP contribution in [0.25, 0.3) is 0 Å². The fraction of sp³-hybridized carbons (Fsp3) is 0.500. The molecule has 186 valence electrons. The predicted octanol–water partition coefficient (Wildman–Crippen LogP) is 6.16. The number of carbonyl (C=O) groups excluding carboxylic acids is 2. The van der Waals surface area contributed by atoms with Crippen molar-refractivity contribution in [3.05, 3.63) is 63.6 Å². The number of amides is 2. The first-order chi connectivity index (χ1) is 15.7. The number of nitrogens with one attached hydrogen (secondary N) is 1. The first-order valence-electron chi connectivity index (χ1n) is 11.8. The van der Waals surface area contributed by atoms with Gasteiger partial charge in [0.1, 0.15) is 11.8 Å². The highest BCUT2D eigenvalue weighted by molar-refractivity contribution is 9.10. The van der Waals surface area contributed by atoms with Crippen LogP contribution in [-0.4, -0.2) is 34.9 Å². The van der Waals surface area contributed by atoms with Gasteiger partial charge in [-0.25, -0.2) is 0 Å². The number of aryl methyl sites for hydroxylation is 1. The first-order valence-corrected chi connectivity index (χ1v) is 12.6. The highest BCUT2D eigenvalue weighted by atomic mass is 79.9. The summed E-state index contributed by atoms with van der Waals surface area (Å²) in [6.45, 7) is 16.4. The van der Waals surface area contributed by atoms with E-state index in [1.54, 1.807) is 4.90 Å². The monoisotopic (exact) mass is 530 g/mol. The standard InChI is InChI=1S/C28H39BrN2O3/c1-9-23(26(33)30-28(6,7)8)31(17-20-12-10-19(2)11-13-20)25(32)18-34-24-15-14-21(16-22(24)29)27(3,4)5/h10-16,23H,9,17-18H2,1-8H3,(H,30,33). The zero-order chi connectivity index (χ0) is 25.7. The summed E-state index contributed by atoms with van der Waals surface area (Å²) in [7, 11) is 0. The van der Waals surface area contributed by atoms with Gasteiger partial charge in [0, 0.05) is 12.1 Å². The van der Waals surface area contributed by atoms with Crippen molar-refractivity contribution in [1.29, 1.82) is 0 Å². The molecule has 0 heterocycles. The maximum absolute atomic E-state index is 13.4. The van der Waals surface area contributed by atoms with Crippen molar-refractivity contribution >= 4 is 27.7 Å². The summed E-state index contributed by atoms with van der Waals surface area (Å²) in [5.41, 5.74) is 2.90. The van der Waals surface area contributed by atoms with Crippen molar-refractivity contribution in [2.24, 2.45) is 0 Å². The van der Waals surface area contributed by atoms with Crippen LogP contribution in [0.3, 0.4) is 0 Å². The Morgan fingerprint density at radius 1 is 1.03 bits per heavy atom. The average Bonchev–Trinajstić information content (AvgIpc) is 2.72. The molecule has 5 nitrogen and oxygen atoms in total. The van der Waals surface area contributed by atoms with Crippen LogP contribution in [0.5, 0.6) is 5.75 Å². The molecule has 2 rings (SSSR count). The average molecular weight is 532 g/mol. The van der Waals surface area contributed by atoms with Gasteiger partial charge in [-0.15, -0.1) is 0 Å². The summed E-state index contributed by atoms with van der Waals surface area (Å²) in [5.74, 6) is 0.207. The Labute approximate surface area is 213 Å². The molecule has 0 fully saturated rings. The van der Waals surface area contributed by atoms with Crippen LogP contribution in [0, 0.1) is 6.92 Å². The molecule has 2 amide bonds. The summed E-state index contributed by atoms with van der Waals surface area (Å²) in [4.78, 5) is 28.1. The first kappa shape index (κ1) is 27.9. The molecule has 6 heteroatoms. The second-order valence-corrected chi connectivity index (χ2v) is 11.7. The van der Waals surface area contributed by atoms with Gasteiger partial charge in [-0.2, -0.15) is 0 Å². The molecule has 0 aliphatic carbocycles. The second-order valence-electron chi connectivity index (χ2n) is 10.9. The minimum absolute atomic E-state index is 0.0104. The van der Waals surface area contributed by atoms with E-state index in [4.69, 9.17) is 4.74 Å². The van der Waals surface area contributed by atoms with E-state index in [-0.39, 0.29) is 29.4 Å². The van der Waals surface area contributed by atoms with E-state index >= 15 is 0 Å². The molecule has 2 aromatic rings. The van der Waals surface area contributed by atoms with Crippen LogP contribution in [-0.2, 0) is 21.5 Å². The zero-order valence-corrected chi connectivity index (χ0v) is 23.4. The van der Waals surface area contributed by atoms with Crippen LogP contribution in [0.1, 0.15) is 71.6 Å². The lowest BCUT2D eigenvalue weighted by Crippen LogP contribution is -2.54. The fourth-order valence-corrected chi connectivity index (χ4v) is 4.06. The molecule has 2 aromatic carbocycles. The van der Waals surface area contributed by atoms with Crippen molar-refractivity contribution in [2.75, 3.05) is 6.61 Å². The minimum Gasteiger partial charge on any atom is -0.483 e. The number of hydrogen-bond donors (Lipinski definition) is 1. The largest absolute Gasteiger partial charge is 0.483 e. The molecule has 1 unspecified atom stereocenters. The molecule has 0 bridgehead atoms. The lowest BCUT2D eigenvalue weighted by molar-refractivity contribution is -0.143. The predicted molar refractivity (Wildman–Crippen MR) is 142 cm³/mol. The topological polar surface area (TPSA) is 58.6 Å². The second kappa shape index (κ2) is 11.4. The zero-order valence-electron chi connectivity index (χ0n) is 21.8. The minimum atomic E-state index is -0.594. The number of hydrogen-bond acceptors (Lipinski definition) is 3. The molecule has 0 aromatic heterocycles. The Morgan fingerprint density at radius 3 is 2.15 bits per heavy atom. The molecule has 0 spiro atoms. The van der Waals surface area contributed by atoms with E-state index in [0.29, 0.717) is 18.7 Å². The van der Waals surface area contributed by atoms with Crippen LogP contribution >= 0.6 is 15.9 Å². The third-order valence-electron chi connectivity index (χ3n) is 5.51. The third-order valence-corrected chi connectivity index (χ3v) is 6.13. The van der Waals surface area contributed by atoms with Gasteiger partial charge in [-0.3, -0.25) is 9.59 Å². The van der Waals surface area contributed by atoms with Crippen molar-refractivity contribution in [3.63, 3.8) is 0 Å². The van der Waals surface area contributed by atoms with Gasteiger partial charge in [0.2, 0.25) is 5.91 Å². The Balaban J connectivity index is 2.25. The summed E-state index contributed by atoms with van der Waals surface area (Å²) < 4.78 is 6.71. The molecule has 34 heavy (non-hydrogen) atoms. The Morgan fingerprint density at radius 2 is 1.65 bits per heavy atom. The number of rotatable bonds is 8. The van der Waals surface area contributed by atoms with Crippen molar-refractivity contribution in [3.8, 4) is 5.75 Å². The number of ether oxygens (including phenoxy) is 1. The van der Waals surface area contributed by atoms with E-state index < -0.39 is 6.04 Å². The summed E-state index contributed by atoms with van der Waals surface area (Å²) >= 11 is 3.57. The van der Waals surface area contributed by atoms with E-state index in [0.717, 1.165) is 15.6 Å². The van der Waals surface area contributed by atoms with Gasteiger partial charge in [0.15, 0.2) is 6.61 Å². The number of nitrogens with zero attached hydrogens (tertiary/aromatic N) is 1. The van der Waals surface area contributed by atoms with Crippen molar-refractivity contribution in [1.82, 2.24) is 10.2 Å². The number of benzene rings is 2. The Kier molecular flexibility index (Phi) is 9.35. The summed E-state index contributed by atoms with van der Waals surface area (Å²) in [6, 6.07) is 13.3. The number of carbonyl (C=O) groups is 2. The molecule has 0 aliphatic rings. The summed E-state index contributed by atoms with van der Waals surface area (Å²) in [5, 5.41) is 3.02. The fourth-order valence-electron chi connectivity index (χ4n) is 3.57. The van der Waals surface area contributed by atoms with Gasteiger partial charge in [0.05, 0.1) is 4.47 Å². The molecule has 1 atom stereocenters. The molecule has 0 aliphatic heterocycles. The third kappa shape index (κ3) is 8.15. The lowest BCUT2D eigenvalue weighted by atomic mass is 9.87. The molecule has 0 saturated carbocycles. The maximum Gasteiger partial charge on any atom is 0.261 e. The molecular formula is C28H39BrN2O3. The molecule has 0 saturated heterocycles. The highest BCUT2D eigenvalue weighted by Crippen LogP contribution is 2.31. The SMILES string of the molecule is CCC(C(=O)NC(C)(C)C)N(Cc1ccc(C)cc1)C(=O)COc1ccc(C(C)(C)C)cc1Br. The van der Waals surface area contributed by atoms with E-state index in [1.807, 2.05) is 77.1 Å². The van der Waals surface area contributed by atoms with E-state index in [9.17, 15) is 9.59 Å². The normalized spacial score (nSPS) is 12.7. The number of halogens is 1. The van der Waals surface area contributed by atoms with Gasteiger partial charge in [0.25, 0.3) is 5.91 Å². The Hall–Kier alpha value is -2.34. The highest BCUT2D eigenvalue weighted by Gasteiger charge is 2.31. The van der Waals surface area contributed by atoms with Crippen LogP contribution in [0.2, 0.25) is 0 Å². The lowest BCUT2D eigenvalue weighted by Gasteiger charge is -2.33. The van der Waals surface area contributed by atoms with Gasteiger partial charge in [-0.1, -0.05) is 63.6 Å². The maximum atomic E-state index is 13.4. The van der Waals surface area contributed by atoms with E-state index in [2.05, 4.69) is 42.0 Å². The Bertz CT molecular complexity index is 988. The smallest absolute Gasteiger partial charge is 0.261 e. The quantitative estimate of drug-likeness (QED) is 0.444. The van der Waals surface area contributed by atoms with Crippen LogP contribution in [0.15, 0.2) is 46.9 Å². The van der Waals surface area contributed by atoms with Crippen molar-refractivity contribution in [2.45, 2.75) is 85.4 Å². The van der Waals surface area contributed by atoms with Crippen molar-refractivity contribution < 1.29 is 14.3 Å². The molecular weight excluding hydrogens is 492 g/mol. The van der Waals surface area contributed by atoms with Gasteiger partial charge < -0.3 is 15.0 Å². The molecule has 1 N–H and O–H groups in total. The van der Waals surface area contributed by atoms with Crippen LogP contribution in [0.4, 0.5) is 0 Å².